The van der Waals surface area contributed by atoms with Gasteiger partial charge in [-0.3, -0.25) is 0 Å². The maximum Gasteiger partial charge on any atom is 0.389 e. The molecule has 3 heterocycles. The van der Waals surface area contributed by atoms with Crippen LogP contribution in [0.3, 0.4) is 0 Å². The molecule has 0 spiro atoms. The number of rotatable bonds is 6. The molecule has 0 aromatic heterocycles. The number of nitrogens with two attached hydrogens (primary N) is 1. The summed E-state index contributed by atoms with van der Waals surface area (Å²) in [5.41, 5.74) is 6.03. The fraction of sp³-hybridized carbons (Fsp3) is 1.00. The number of likely N-dealkylation sites (tertiary alicyclic amines) is 1. The van der Waals surface area contributed by atoms with Crippen molar-refractivity contribution in [3.63, 3.8) is 0 Å². The van der Waals surface area contributed by atoms with E-state index in [-0.39, 0.29) is 36.2 Å². The predicted octanol–water partition coefficient (Wildman–Crippen LogP) is 2.32. The first-order chi connectivity index (χ1) is 12.1. The van der Waals surface area contributed by atoms with Gasteiger partial charge < -0.3 is 10.6 Å². The molecular weight excluding hydrogens is 367 g/mol. The van der Waals surface area contributed by atoms with Gasteiger partial charge >= 0.3 is 6.18 Å². The van der Waals surface area contributed by atoms with Crippen LogP contribution in [0.15, 0.2) is 0 Å². The maximum absolute atomic E-state index is 12.9. The molecule has 3 rings (SSSR count). The summed E-state index contributed by atoms with van der Waals surface area (Å²) in [5, 5.41) is 0. The van der Waals surface area contributed by atoms with E-state index in [1.54, 1.807) is 4.31 Å². The highest BCUT2D eigenvalue weighted by Gasteiger charge is 2.46. The largest absolute Gasteiger partial charge is 0.389 e. The second kappa shape index (κ2) is 7.93. The molecule has 3 aliphatic heterocycles. The van der Waals surface area contributed by atoms with Gasteiger partial charge in [-0.15, -0.1) is 0 Å². The van der Waals surface area contributed by atoms with E-state index in [4.69, 9.17) is 5.73 Å². The molecule has 0 amide bonds. The van der Waals surface area contributed by atoms with E-state index >= 15 is 0 Å². The third-order valence-corrected chi connectivity index (χ3v) is 8.24. The first-order valence-electron chi connectivity index (χ1n) is 9.70. The summed E-state index contributed by atoms with van der Waals surface area (Å²) in [4.78, 5) is 2.03. The fourth-order valence-electron chi connectivity index (χ4n) is 4.89. The molecule has 2 N–H and O–H groups in total. The summed E-state index contributed by atoms with van der Waals surface area (Å²) < 4.78 is 64.3. The lowest BCUT2D eigenvalue weighted by atomic mass is 9.99. The zero-order valence-electron chi connectivity index (χ0n) is 15.1. The third kappa shape index (κ3) is 5.11. The summed E-state index contributed by atoms with van der Waals surface area (Å²) >= 11 is 0. The number of piperidine rings is 2. The van der Waals surface area contributed by atoms with Crippen molar-refractivity contribution in [3.8, 4) is 0 Å². The summed E-state index contributed by atoms with van der Waals surface area (Å²) in [6.45, 7) is 1.82. The van der Waals surface area contributed by atoms with Crippen LogP contribution >= 0.6 is 0 Å². The van der Waals surface area contributed by atoms with Crippen molar-refractivity contribution in [2.24, 2.45) is 11.7 Å². The Hall–Kier alpha value is -0.380. The molecule has 0 saturated carbocycles. The van der Waals surface area contributed by atoms with Crippen LogP contribution < -0.4 is 5.73 Å². The molecule has 152 valence electrons. The first-order valence-corrected chi connectivity index (χ1v) is 11.3. The van der Waals surface area contributed by atoms with Crippen LogP contribution in [-0.2, 0) is 10.0 Å². The second-order valence-corrected chi connectivity index (χ2v) is 10.1. The van der Waals surface area contributed by atoms with Crippen LogP contribution in [0.2, 0.25) is 0 Å². The normalized spacial score (nSPS) is 32.2. The Labute approximate surface area is 154 Å². The zero-order chi connectivity index (χ0) is 18.9. The van der Waals surface area contributed by atoms with Crippen LogP contribution in [0, 0.1) is 5.92 Å². The minimum atomic E-state index is -4.09. The smallest absolute Gasteiger partial charge is 0.328 e. The molecule has 3 fully saturated rings. The number of nitrogens with zero attached hydrogens (tertiary/aromatic N) is 2. The van der Waals surface area contributed by atoms with Gasteiger partial charge in [0.15, 0.2) is 0 Å². The molecule has 0 radical (unpaired) electrons. The van der Waals surface area contributed by atoms with Crippen molar-refractivity contribution in [3.05, 3.63) is 0 Å². The van der Waals surface area contributed by atoms with Gasteiger partial charge in [-0.05, 0) is 70.5 Å². The Bertz CT molecular complexity index is 562. The van der Waals surface area contributed by atoms with Crippen LogP contribution in [-0.4, -0.2) is 67.3 Å². The molecular formula is C17H30F3N3O2S. The molecule has 3 saturated heterocycles. The number of fused-ring (bicyclic) bond motifs is 2. The molecule has 0 aliphatic carbocycles. The van der Waals surface area contributed by atoms with Gasteiger partial charge in [0.05, 0.1) is 5.75 Å². The van der Waals surface area contributed by atoms with Gasteiger partial charge in [0.2, 0.25) is 10.0 Å². The van der Waals surface area contributed by atoms with E-state index < -0.39 is 22.6 Å². The number of hydrogen-bond acceptors (Lipinski definition) is 4. The van der Waals surface area contributed by atoms with Gasteiger partial charge in [0.25, 0.3) is 0 Å². The van der Waals surface area contributed by atoms with E-state index in [9.17, 15) is 21.6 Å². The second-order valence-electron chi connectivity index (χ2n) is 8.23. The van der Waals surface area contributed by atoms with Gasteiger partial charge in [-0.1, -0.05) is 0 Å². The van der Waals surface area contributed by atoms with Crippen molar-refractivity contribution in [1.29, 1.82) is 0 Å². The van der Waals surface area contributed by atoms with Crippen molar-refractivity contribution in [2.45, 2.75) is 75.7 Å². The lowest BCUT2D eigenvalue weighted by molar-refractivity contribution is -0.136. The lowest BCUT2D eigenvalue weighted by Crippen LogP contribution is -2.51. The van der Waals surface area contributed by atoms with Crippen molar-refractivity contribution < 1.29 is 21.6 Å². The molecule has 0 aromatic rings. The molecule has 2 bridgehead atoms. The molecule has 9 heteroatoms. The van der Waals surface area contributed by atoms with Gasteiger partial charge in [0, 0.05) is 24.5 Å². The van der Waals surface area contributed by atoms with Crippen molar-refractivity contribution in [1.82, 2.24) is 9.21 Å². The van der Waals surface area contributed by atoms with E-state index in [0.29, 0.717) is 19.6 Å². The van der Waals surface area contributed by atoms with E-state index in [0.717, 1.165) is 38.5 Å². The summed E-state index contributed by atoms with van der Waals surface area (Å²) in [7, 11) is -3.29. The van der Waals surface area contributed by atoms with Gasteiger partial charge in [-0.2, -0.15) is 17.5 Å². The van der Waals surface area contributed by atoms with Gasteiger partial charge in [-0.25, -0.2) is 8.42 Å². The highest BCUT2D eigenvalue weighted by atomic mass is 32.2. The van der Waals surface area contributed by atoms with E-state index in [1.807, 2.05) is 4.90 Å². The summed E-state index contributed by atoms with van der Waals surface area (Å²) in [6.07, 6.45) is 0.0981. The number of sulfonamides is 1. The maximum atomic E-state index is 12.9. The minimum Gasteiger partial charge on any atom is -0.328 e. The molecule has 0 aromatic carbocycles. The Morgan fingerprint density at radius 3 is 2.12 bits per heavy atom. The molecule has 3 aliphatic rings. The quantitative estimate of drug-likeness (QED) is 0.747. The fourth-order valence-corrected chi connectivity index (χ4v) is 7.29. The monoisotopic (exact) mass is 397 g/mol. The van der Waals surface area contributed by atoms with E-state index in [1.165, 1.54) is 0 Å². The Kier molecular flexibility index (Phi) is 6.21. The van der Waals surface area contributed by atoms with Crippen LogP contribution in [0.4, 0.5) is 13.2 Å². The van der Waals surface area contributed by atoms with Crippen LogP contribution in [0.1, 0.15) is 51.4 Å². The topological polar surface area (TPSA) is 66.6 Å². The molecule has 26 heavy (non-hydrogen) atoms. The number of alkyl halides is 3. The first kappa shape index (κ1) is 20.4. The third-order valence-electron chi connectivity index (χ3n) is 6.11. The summed E-state index contributed by atoms with van der Waals surface area (Å²) in [5.74, 6) is 0.278. The number of halogens is 3. The highest BCUT2D eigenvalue weighted by molar-refractivity contribution is 7.89. The predicted molar refractivity (Wildman–Crippen MR) is 94.1 cm³/mol. The Morgan fingerprint density at radius 1 is 1.00 bits per heavy atom. The molecule has 5 nitrogen and oxygen atoms in total. The van der Waals surface area contributed by atoms with Crippen molar-refractivity contribution >= 4 is 10.0 Å². The average molecular weight is 398 g/mol. The standard InChI is InChI=1S/C17H30F3N3O2S/c18-17(19,20)6-1-7-22-8-4-13(5-9-22)12-26(24,25)23-15-2-3-16(23)11-14(21)10-15/h13-16H,1-12,21H2/t14-,15+,16-. The Morgan fingerprint density at radius 2 is 1.58 bits per heavy atom. The zero-order valence-corrected chi connectivity index (χ0v) is 15.9. The highest BCUT2D eigenvalue weighted by Crippen LogP contribution is 2.38. The lowest BCUT2D eigenvalue weighted by Gasteiger charge is -2.38. The molecule has 3 atom stereocenters. The number of hydrogen-bond donors (Lipinski definition) is 1. The van der Waals surface area contributed by atoms with Gasteiger partial charge in [0.1, 0.15) is 0 Å². The van der Waals surface area contributed by atoms with Crippen LogP contribution in [0.25, 0.3) is 0 Å². The average Bonchev–Trinajstić information content (AvgIpc) is 2.81. The SMILES string of the molecule is N[C@H]1C[C@H]2CC[C@@H](C1)N2S(=O)(=O)CC1CCN(CCCC(F)(F)F)CC1. The van der Waals surface area contributed by atoms with E-state index in [2.05, 4.69) is 0 Å². The summed E-state index contributed by atoms with van der Waals surface area (Å²) in [6, 6.07) is 0.242. The Balaban J connectivity index is 1.45. The minimum absolute atomic E-state index is 0.0659. The molecule has 0 unspecified atom stereocenters. The van der Waals surface area contributed by atoms with Crippen molar-refractivity contribution in [2.75, 3.05) is 25.4 Å². The van der Waals surface area contributed by atoms with Crippen LogP contribution in [0.5, 0.6) is 0 Å².